The zero-order chi connectivity index (χ0) is 18.7. The lowest BCUT2D eigenvalue weighted by atomic mass is 10.0. The van der Waals surface area contributed by atoms with Crippen molar-refractivity contribution >= 4 is 28.2 Å². The van der Waals surface area contributed by atoms with E-state index in [1.165, 1.54) is 4.57 Å². The van der Waals surface area contributed by atoms with E-state index >= 15 is 0 Å². The van der Waals surface area contributed by atoms with Crippen LogP contribution < -0.4 is 27.7 Å². The van der Waals surface area contributed by atoms with Crippen LogP contribution in [0.25, 0.3) is 10.9 Å². The van der Waals surface area contributed by atoms with Gasteiger partial charge in [0, 0.05) is 25.2 Å². The van der Waals surface area contributed by atoms with E-state index in [1.54, 1.807) is 0 Å². The van der Waals surface area contributed by atoms with E-state index in [1.807, 2.05) is 11.8 Å². The number of nitrogens with two attached hydrogens (primary N) is 2. The lowest BCUT2D eigenvalue weighted by Crippen LogP contribution is -2.44. The van der Waals surface area contributed by atoms with Crippen LogP contribution in [0, 0.1) is 11.7 Å². The zero-order valence-electron chi connectivity index (χ0n) is 14.4. The molecule has 1 aromatic carbocycles. The Morgan fingerprint density at radius 2 is 2.00 bits per heavy atom. The summed E-state index contributed by atoms with van der Waals surface area (Å²) < 4.78 is 16.8. The van der Waals surface area contributed by atoms with Crippen LogP contribution in [0.4, 0.5) is 10.1 Å². The van der Waals surface area contributed by atoms with Crippen molar-refractivity contribution in [3.8, 4) is 0 Å². The quantitative estimate of drug-likeness (QED) is 0.778. The third kappa shape index (κ3) is 2.51. The smallest absolute Gasteiger partial charge is 0.350 e. The maximum Gasteiger partial charge on any atom is 0.350 e. The molecule has 2 fully saturated rings. The van der Waals surface area contributed by atoms with Gasteiger partial charge in [-0.2, -0.15) is 4.68 Å². The highest BCUT2D eigenvalue weighted by Crippen LogP contribution is 2.41. The van der Waals surface area contributed by atoms with Crippen LogP contribution in [-0.4, -0.2) is 28.4 Å². The van der Waals surface area contributed by atoms with Crippen molar-refractivity contribution in [3.63, 3.8) is 0 Å². The van der Waals surface area contributed by atoms with Gasteiger partial charge in [-0.3, -0.25) is 9.36 Å². The molecule has 2 aliphatic rings. The molecule has 0 radical (unpaired) electrons. The average Bonchev–Trinajstić information content (AvgIpc) is 3.30. The van der Waals surface area contributed by atoms with Crippen LogP contribution in [-0.2, 0) is 0 Å². The molecule has 2 aromatic rings. The fourth-order valence-corrected chi connectivity index (χ4v) is 4.21. The van der Waals surface area contributed by atoms with Crippen LogP contribution >= 0.6 is 11.6 Å². The highest BCUT2D eigenvalue weighted by atomic mass is 35.5. The summed E-state index contributed by atoms with van der Waals surface area (Å²) in [5, 5.41) is 0.111. The van der Waals surface area contributed by atoms with Gasteiger partial charge in [-0.1, -0.05) is 11.6 Å². The normalized spacial score (nSPS) is 21.5. The Balaban J connectivity index is 1.97. The topological polar surface area (TPSA) is 99.3 Å². The minimum Gasteiger partial charge on any atom is -0.368 e. The molecule has 1 saturated heterocycles. The molecule has 1 aromatic heterocycles. The molecule has 1 aliphatic heterocycles. The summed E-state index contributed by atoms with van der Waals surface area (Å²) in [6.07, 6.45) is 2.44. The standard InChI is InChI=1S/C17H21ClFN5O2/c1-8(20)9-4-5-22(7-9)15-12(19)6-11-14(13(15)18)23(10-2-3-10)17(26)24(21)16(11)25/h6,8-10H,2-5,7,20-21H2,1H3/t8-,9+/m1/s1. The Bertz CT molecular complexity index is 1010. The van der Waals surface area contributed by atoms with Gasteiger partial charge in [0.2, 0.25) is 0 Å². The molecule has 9 heteroatoms. The number of benzene rings is 1. The first kappa shape index (κ1) is 17.4. The molecule has 0 amide bonds. The maximum atomic E-state index is 14.9. The number of hydrogen-bond donors (Lipinski definition) is 2. The molecule has 26 heavy (non-hydrogen) atoms. The maximum absolute atomic E-state index is 14.9. The van der Waals surface area contributed by atoms with Gasteiger partial charge in [0.15, 0.2) is 0 Å². The van der Waals surface area contributed by atoms with Crippen molar-refractivity contribution in [1.82, 2.24) is 9.24 Å². The van der Waals surface area contributed by atoms with Crippen molar-refractivity contribution in [2.45, 2.75) is 38.3 Å². The second-order valence-electron chi connectivity index (χ2n) is 7.33. The number of fused-ring (bicyclic) bond motifs is 1. The largest absolute Gasteiger partial charge is 0.368 e. The Kier molecular flexibility index (Phi) is 4.00. The average molecular weight is 382 g/mol. The van der Waals surface area contributed by atoms with Gasteiger partial charge in [0.1, 0.15) is 5.82 Å². The Morgan fingerprint density at radius 3 is 2.58 bits per heavy atom. The molecule has 0 unspecified atom stereocenters. The highest BCUT2D eigenvalue weighted by molar-refractivity contribution is 6.38. The molecule has 2 heterocycles. The first-order valence-corrected chi connectivity index (χ1v) is 9.14. The Morgan fingerprint density at radius 1 is 1.31 bits per heavy atom. The number of anilines is 1. The summed E-state index contributed by atoms with van der Waals surface area (Å²) >= 11 is 6.57. The van der Waals surface area contributed by atoms with Crippen molar-refractivity contribution in [3.05, 3.63) is 37.7 Å². The zero-order valence-corrected chi connectivity index (χ0v) is 15.2. The number of aromatic nitrogens is 2. The van der Waals surface area contributed by atoms with E-state index < -0.39 is 17.1 Å². The molecule has 1 saturated carbocycles. The predicted molar refractivity (Wildman–Crippen MR) is 99.8 cm³/mol. The molecule has 140 valence electrons. The van der Waals surface area contributed by atoms with Gasteiger partial charge in [-0.05, 0) is 38.2 Å². The van der Waals surface area contributed by atoms with Gasteiger partial charge in [0.05, 0.1) is 21.6 Å². The summed E-state index contributed by atoms with van der Waals surface area (Å²) in [6.45, 7) is 3.14. The lowest BCUT2D eigenvalue weighted by Gasteiger charge is -2.23. The number of halogens is 2. The van der Waals surface area contributed by atoms with Crippen LogP contribution in [0.15, 0.2) is 15.7 Å². The van der Waals surface area contributed by atoms with Crippen molar-refractivity contribution < 1.29 is 4.39 Å². The first-order valence-electron chi connectivity index (χ1n) is 8.76. The highest BCUT2D eigenvalue weighted by Gasteiger charge is 2.33. The fourth-order valence-electron chi connectivity index (χ4n) is 3.81. The first-order chi connectivity index (χ1) is 12.3. The molecule has 0 bridgehead atoms. The summed E-state index contributed by atoms with van der Waals surface area (Å²) in [5.74, 6) is 5.26. The number of hydrogen-bond acceptors (Lipinski definition) is 5. The van der Waals surface area contributed by atoms with E-state index in [9.17, 15) is 14.0 Å². The van der Waals surface area contributed by atoms with Gasteiger partial charge in [0.25, 0.3) is 5.56 Å². The van der Waals surface area contributed by atoms with Gasteiger partial charge in [-0.15, -0.1) is 0 Å². The molecular weight excluding hydrogens is 361 g/mol. The third-order valence-corrected chi connectivity index (χ3v) is 5.83. The monoisotopic (exact) mass is 381 g/mol. The van der Waals surface area contributed by atoms with E-state index in [-0.39, 0.29) is 39.6 Å². The van der Waals surface area contributed by atoms with E-state index in [0.717, 1.165) is 25.3 Å². The minimum atomic E-state index is -0.746. The van der Waals surface area contributed by atoms with Gasteiger partial charge < -0.3 is 16.5 Å². The molecular formula is C17H21ClFN5O2. The van der Waals surface area contributed by atoms with E-state index in [0.29, 0.717) is 17.8 Å². The predicted octanol–water partition coefficient (Wildman–Crippen LogP) is 1.18. The van der Waals surface area contributed by atoms with Crippen LogP contribution in [0.2, 0.25) is 5.02 Å². The Hall–Kier alpha value is -2.06. The molecule has 4 rings (SSSR count). The van der Waals surface area contributed by atoms with Crippen LogP contribution in [0.5, 0.6) is 0 Å². The van der Waals surface area contributed by atoms with Crippen LogP contribution in [0.3, 0.4) is 0 Å². The summed E-state index contributed by atoms with van der Waals surface area (Å²) in [7, 11) is 0. The number of nitrogen functional groups attached to an aromatic ring is 1. The molecule has 0 spiro atoms. The summed E-state index contributed by atoms with van der Waals surface area (Å²) in [6, 6.07) is 1.07. The van der Waals surface area contributed by atoms with Crippen molar-refractivity contribution in [2.75, 3.05) is 23.8 Å². The molecule has 4 N–H and O–H groups in total. The second-order valence-corrected chi connectivity index (χ2v) is 7.71. The second kappa shape index (κ2) is 5.99. The van der Waals surface area contributed by atoms with Gasteiger partial charge in [-0.25, -0.2) is 9.18 Å². The molecule has 1 aliphatic carbocycles. The third-order valence-electron chi connectivity index (χ3n) is 5.47. The van der Waals surface area contributed by atoms with E-state index in [4.69, 9.17) is 23.2 Å². The lowest BCUT2D eigenvalue weighted by molar-refractivity contribution is 0.487. The Labute approximate surface area is 153 Å². The molecule has 7 nitrogen and oxygen atoms in total. The number of nitrogens with zero attached hydrogens (tertiary/aromatic N) is 3. The van der Waals surface area contributed by atoms with Gasteiger partial charge >= 0.3 is 5.69 Å². The van der Waals surface area contributed by atoms with E-state index in [2.05, 4.69) is 0 Å². The fraction of sp³-hybridized carbons (Fsp3) is 0.529. The minimum absolute atomic E-state index is 0.00335. The summed E-state index contributed by atoms with van der Waals surface area (Å²) in [4.78, 5) is 26.8. The number of rotatable bonds is 3. The van der Waals surface area contributed by atoms with Crippen molar-refractivity contribution in [1.29, 1.82) is 0 Å². The summed E-state index contributed by atoms with van der Waals surface area (Å²) in [5.41, 5.74) is 5.10. The van der Waals surface area contributed by atoms with Crippen molar-refractivity contribution in [2.24, 2.45) is 11.7 Å². The van der Waals surface area contributed by atoms with Crippen LogP contribution in [0.1, 0.15) is 32.2 Å². The molecule has 2 atom stereocenters. The SMILES string of the molecule is C[C@@H](N)[C@H]1CCN(c2c(F)cc3c(=O)n(N)c(=O)n(C4CC4)c3c2Cl)C1.